The van der Waals surface area contributed by atoms with Gasteiger partial charge < -0.3 is 9.80 Å². The van der Waals surface area contributed by atoms with Crippen LogP contribution < -0.4 is 0 Å². The summed E-state index contributed by atoms with van der Waals surface area (Å²) >= 11 is 3.48. The van der Waals surface area contributed by atoms with E-state index in [1.54, 1.807) is 0 Å². The second kappa shape index (κ2) is 6.21. The molecule has 1 aliphatic rings. The number of halogens is 1. The number of hydrogen-bond donors (Lipinski definition) is 0. The van der Waals surface area contributed by atoms with E-state index in [9.17, 15) is 0 Å². The minimum absolute atomic E-state index is 0.489. The number of unbranched alkanes of at least 4 members (excludes halogenated alkanes) is 1. The SMILES string of the molecule is CN(CCCCBr)CC1(N(C)C)CCC1. The van der Waals surface area contributed by atoms with Gasteiger partial charge in [0.05, 0.1) is 0 Å². The maximum Gasteiger partial charge on any atom is 0.0330 e. The van der Waals surface area contributed by atoms with Crippen LogP contribution in [0, 0.1) is 0 Å². The normalized spacial score (nSPS) is 19.6. The van der Waals surface area contributed by atoms with E-state index >= 15 is 0 Å². The van der Waals surface area contributed by atoms with E-state index in [1.165, 1.54) is 45.2 Å². The Hall–Kier alpha value is 0.400. The summed E-state index contributed by atoms with van der Waals surface area (Å²) in [5.74, 6) is 0. The molecular weight excluding hydrogens is 252 g/mol. The minimum atomic E-state index is 0.489. The Bertz CT molecular complexity index is 178. The zero-order chi connectivity index (χ0) is 11.3. The molecule has 1 aliphatic carbocycles. The summed E-state index contributed by atoms with van der Waals surface area (Å²) in [5, 5.41) is 1.14. The Kier molecular flexibility index (Phi) is 5.58. The Labute approximate surface area is 103 Å². The van der Waals surface area contributed by atoms with Crippen LogP contribution in [-0.4, -0.2) is 54.9 Å². The van der Waals surface area contributed by atoms with Crippen LogP contribution >= 0.6 is 15.9 Å². The van der Waals surface area contributed by atoms with Crippen LogP contribution in [0.25, 0.3) is 0 Å². The maximum absolute atomic E-state index is 3.48. The largest absolute Gasteiger partial charge is 0.305 e. The number of nitrogens with zero attached hydrogens (tertiary/aromatic N) is 2. The van der Waals surface area contributed by atoms with Crippen molar-refractivity contribution in [3.8, 4) is 0 Å². The van der Waals surface area contributed by atoms with E-state index < -0.39 is 0 Å². The molecule has 0 heterocycles. The molecule has 0 radical (unpaired) electrons. The first-order chi connectivity index (χ1) is 7.10. The molecule has 0 bridgehead atoms. The standard InChI is InChI=1S/C12H25BrN2/c1-14(2)12(7-6-8-12)11-15(3)10-5-4-9-13/h4-11H2,1-3H3. The third-order valence-corrected chi connectivity index (χ3v) is 4.28. The molecule has 0 aromatic heterocycles. The number of likely N-dealkylation sites (N-methyl/N-ethyl adjacent to an activating group) is 2. The molecule has 0 aromatic rings. The van der Waals surface area contributed by atoms with Crippen LogP contribution in [0.4, 0.5) is 0 Å². The highest BCUT2D eigenvalue weighted by molar-refractivity contribution is 9.09. The summed E-state index contributed by atoms with van der Waals surface area (Å²) in [7, 11) is 6.72. The van der Waals surface area contributed by atoms with Crippen LogP contribution in [0.1, 0.15) is 32.1 Å². The van der Waals surface area contributed by atoms with Crippen molar-refractivity contribution in [1.82, 2.24) is 9.80 Å². The molecule has 90 valence electrons. The summed E-state index contributed by atoms with van der Waals surface area (Å²) < 4.78 is 0. The quantitative estimate of drug-likeness (QED) is 0.521. The van der Waals surface area contributed by atoms with Gasteiger partial charge >= 0.3 is 0 Å². The molecule has 1 saturated carbocycles. The van der Waals surface area contributed by atoms with Gasteiger partial charge in [0.1, 0.15) is 0 Å². The number of rotatable bonds is 7. The van der Waals surface area contributed by atoms with Crippen molar-refractivity contribution in [1.29, 1.82) is 0 Å². The Balaban J connectivity index is 2.26. The molecule has 15 heavy (non-hydrogen) atoms. The van der Waals surface area contributed by atoms with Gasteiger partial charge in [0.25, 0.3) is 0 Å². The van der Waals surface area contributed by atoms with Gasteiger partial charge in [-0.25, -0.2) is 0 Å². The molecule has 0 N–H and O–H groups in total. The zero-order valence-corrected chi connectivity index (χ0v) is 12.0. The van der Waals surface area contributed by atoms with E-state index in [-0.39, 0.29) is 0 Å². The number of hydrogen-bond acceptors (Lipinski definition) is 2. The van der Waals surface area contributed by atoms with Crippen LogP contribution in [-0.2, 0) is 0 Å². The minimum Gasteiger partial charge on any atom is -0.305 e. The van der Waals surface area contributed by atoms with Gasteiger partial charge in [-0.3, -0.25) is 0 Å². The fourth-order valence-electron chi connectivity index (χ4n) is 2.39. The van der Waals surface area contributed by atoms with Crippen LogP contribution in [0.15, 0.2) is 0 Å². The Morgan fingerprint density at radius 1 is 1.13 bits per heavy atom. The maximum atomic E-state index is 3.48. The van der Waals surface area contributed by atoms with Crippen molar-refractivity contribution < 1.29 is 0 Å². The molecule has 3 heteroatoms. The molecule has 0 amide bonds. The van der Waals surface area contributed by atoms with E-state index in [0.29, 0.717) is 5.54 Å². The first kappa shape index (κ1) is 13.5. The van der Waals surface area contributed by atoms with Crippen molar-refractivity contribution in [2.45, 2.75) is 37.6 Å². The Morgan fingerprint density at radius 3 is 2.20 bits per heavy atom. The van der Waals surface area contributed by atoms with Gasteiger partial charge in [-0.2, -0.15) is 0 Å². The van der Waals surface area contributed by atoms with Crippen molar-refractivity contribution in [2.24, 2.45) is 0 Å². The van der Waals surface area contributed by atoms with E-state index in [0.717, 1.165) is 5.33 Å². The lowest BCUT2D eigenvalue weighted by molar-refractivity contribution is 0.0276. The first-order valence-electron chi connectivity index (χ1n) is 6.03. The summed E-state index contributed by atoms with van der Waals surface area (Å²) in [6.07, 6.45) is 6.77. The molecule has 0 spiro atoms. The fraction of sp³-hybridized carbons (Fsp3) is 1.00. The van der Waals surface area contributed by atoms with Crippen molar-refractivity contribution in [2.75, 3.05) is 39.6 Å². The Morgan fingerprint density at radius 2 is 1.80 bits per heavy atom. The highest BCUT2D eigenvalue weighted by Crippen LogP contribution is 2.36. The summed E-state index contributed by atoms with van der Waals surface area (Å²) in [4.78, 5) is 4.93. The average Bonchev–Trinajstić information content (AvgIpc) is 2.11. The lowest BCUT2D eigenvalue weighted by Crippen LogP contribution is -2.56. The third kappa shape index (κ3) is 3.72. The molecule has 0 aliphatic heterocycles. The first-order valence-corrected chi connectivity index (χ1v) is 7.15. The average molecular weight is 277 g/mol. The lowest BCUT2D eigenvalue weighted by atomic mass is 9.75. The van der Waals surface area contributed by atoms with Gasteiger partial charge in [-0.15, -0.1) is 0 Å². The third-order valence-electron chi connectivity index (χ3n) is 3.72. The van der Waals surface area contributed by atoms with Crippen LogP contribution in [0.5, 0.6) is 0 Å². The highest BCUT2D eigenvalue weighted by atomic mass is 79.9. The summed E-state index contributed by atoms with van der Waals surface area (Å²) in [6, 6.07) is 0. The van der Waals surface area contributed by atoms with Crippen molar-refractivity contribution in [3.63, 3.8) is 0 Å². The summed E-state index contributed by atoms with van der Waals surface area (Å²) in [6.45, 7) is 2.48. The van der Waals surface area contributed by atoms with E-state index in [2.05, 4.69) is 46.9 Å². The molecule has 0 atom stereocenters. The van der Waals surface area contributed by atoms with E-state index in [4.69, 9.17) is 0 Å². The number of alkyl halides is 1. The van der Waals surface area contributed by atoms with Gasteiger partial charge in [0.15, 0.2) is 0 Å². The van der Waals surface area contributed by atoms with Crippen molar-refractivity contribution >= 4 is 15.9 Å². The smallest absolute Gasteiger partial charge is 0.0330 e. The van der Waals surface area contributed by atoms with Gasteiger partial charge in [0, 0.05) is 17.4 Å². The van der Waals surface area contributed by atoms with Crippen LogP contribution in [0.3, 0.4) is 0 Å². The van der Waals surface area contributed by atoms with Crippen LogP contribution in [0.2, 0.25) is 0 Å². The molecule has 0 aromatic carbocycles. The fourth-order valence-corrected chi connectivity index (χ4v) is 2.79. The molecule has 1 fully saturated rings. The molecule has 2 nitrogen and oxygen atoms in total. The second-order valence-electron chi connectivity index (χ2n) is 5.11. The molecular formula is C12H25BrN2. The van der Waals surface area contributed by atoms with Gasteiger partial charge in [0.2, 0.25) is 0 Å². The lowest BCUT2D eigenvalue weighted by Gasteiger charge is -2.49. The van der Waals surface area contributed by atoms with Crippen molar-refractivity contribution in [3.05, 3.63) is 0 Å². The molecule has 1 rings (SSSR count). The topological polar surface area (TPSA) is 6.48 Å². The zero-order valence-electron chi connectivity index (χ0n) is 10.4. The monoisotopic (exact) mass is 276 g/mol. The highest BCUT2D eigenvalue weighted by Gasteiger charge is 2.39. The van der Waals surface area contributed by atoms with E-state index in [1.807, 2.05) is 0 Å². The predicted molar refractivity (Wildman–Crippen MR) is 70.8 cm³/mol. The molecule has 0 saturated heterocycles. The second-order valence-corrected chi connectivity index (χ2v) is 5.90. The predicted octanol–water partition coefficient (Wildman–Crippen LogP) is 2.58. The van der Waals surface area contributed by atoms with Gasteiger partial charge in [-0.1, -0.05) is 15.9 Å². The summed E-state index contributed by atoms with van der Waals surface area (Å²) in [5.41, 5.74) is 0.489. The molecule has 0 unspecified atom stereocenters. The van der Waals surface area contributed by atoms with Gasteiger partial charge in [-0.05, 0) is 59.8 Å².